The summed E-state index contributed by atoms with van der Waals surface area (Å²) in [4.78, 5) is 7.71. The number of aliphatic imine (C=N–C) groups is 2. The van der Waals surface area contributed by atoms with Gasteiger partial charge in [-0.25, -0.2) is 4.99 Å². The second-order valence-corrected chi connectivity index (χ2v) is 4.09. The van der Waals surface area contributed by atoms with E-state index in [-0.39, 0.29) is 11.9 Å². The Labute approximate surface area is 108 Å². The molecule has 0 heterocycles. The molecule has 92 valence electrons. The van der Waals surface area contributed by atoms with Crippen LogP contribution in [-0.4, -0.2) is 19.0 Å². The van der Waals surface area contributed by atoms with Crippen LogP contribution in [0, 0.1) is 6.92 Å². The van der Waals surface area contributed by atoms with Gasteiger partial charge in [0.05, 0.1) is 7.11 Å². The molecule has 17 heavy (non-hydrogen) atoms. The van der Waals surface area contributed by atoms with Crippen LogP contribution >= 0.6 is 15.9 Å². The van der Waals surface area contributed by atoms with Crippen molar-refractivity contribution in [2.24, 2.45) is 27.2 Å². The van der Waals surface area contributed by atoms with Gasteiger partial charge in [-0.2, -0.15) is 4.99 Å². The maximum Gasteiger partial charge on any atom is 0.223 e. The van der Waals surface area contributed by atoms with Crippen molar-refractivity contribution < 1.29 is 4.74 Å². The predicted octanol–water partition coefficient (Wildman–Crippen LogP) is 0.986. The fraction of sp³-hybridized carbons (Fsp3) is 0.200. The maximum absolute atomic E-state index is 5.55. The van der Waals surface area contributed by atoms with Gasteiger partial charge in [0.15, 0.2) is 5.96 Å². The Balaban J connectivity index is 3.24. The molecule has 0 unspecified atom stereocenters. The zero-order valence-electron chi connectivity index (χ0n) is 9.57. The van der Waals surface area contributed by atoms with Gasteiger partial charge >= 0.3 is 0 Å². The molecular formula is C10H14BrN5O. The van der Waals surface area contributed by atoms with Gasteiger partial charge in [-0.3, -0.25) is 0 Å². The van der Waals surface area contributed by atoms with Crippen LogP contribution in [0.2, 0.25) is 0 Å². The van der Waals surface area contributed by atoms with Gasteiger partial charge in [0.1, 0.15) is 11.4 Å². The third-order valence-electron chi connectivity index (χ3n) is 2.00. The molecule has 0 radical (unpaired) electrons. The number of hydrogen-bond donors (Lipinski definition) is 3. The summed E-state index contributed by atoms with van der Waals surface area (Å²) in [6, 6.07) is 3.60. The molecule has 0 saturated heterocycles. The van der Waals surface area contributed by atoms with E-state index in [0.29, 0.717) is 11.4 Å². The van der Waals surface area contributed by atoms with Crippen LogP contribution in [0.25, 0.3) is 0 Å². The van der Waals surface area contributed by atoms with Crippen LogP contribution in [0.1, 0.15) is 5.56 Å². The Morgan fingerprint density at radius 3 is 2.47 bits per heavy atom. The molecule has 1 aromatic rings. The number of ether oxygens (including phenoxy) is 1. The summed E-state index contributed by atoms with van der Waals surface area (Å²) >= 11 is 3.40. The molecule has 0 amide bonds. The SMILES string of the molecule is COc1c(N=C(N)N=C(N)N)ccc(Br)c1C. The van der Waals surface area contributed by atoms with Crippen molar-refractivity contribution in [1.29, 1.82) is 0 Å². The van der Waals surface area contributed by atoms with Gasteiger partial charge in [0, 0.05) is 10.0 Å². The Hall–Kier alpha value is -1.76. The Kier molecular flexibility index (Phi) is 4.33. The number of nitrogens with zero attached hydrogens (tertiary/aromatic N) is 2. The van der Waals surface area contributed by atoms with E-state index in [9.17, 15) is 0 Å². The van der Waals surface area contributed by atoms with Crippen LogP contribution in [0.4, 0.5) is 5.69 Å². The fourth-order valence-electron chi connectivity index (χ4n) is 1.28. The Bertz CT molecular complexity index is 480. The lowest BCUT2D eigenvalue weighted by Gasteiger charge is -2.09. The number of guanidine groups is 2. The molecule has 6 nitrogen and oxygen atoms in total. The quantitative estimate of drug-likeness (QED) is 0.558. The summed E-state index contributed by atoms with van der Waals surface area (Å²) in [5.74, 6) is 0.456. The van der Waals surface area contributed by atoms with Crippen molar-refractivity contribution in [3.63, 3.8) is 0 Å². The van der Waals surface area contributed by atoms with E-state index in [0.717, 1.165) is 10.0 Å². The van der Waals surface area contributed by atoms with E-state index in [1.54, 1.807) is 13.2 Å². The zero-order chi connectivity index (χ0) is 13.0. The van der Waals surface area contributed by atoms with Gasteiger partial charge in [0.2, 0.25) is 5.96 Å². The number of methoxy groups -OCH3 is 1. The molecule has 1 rings (SSSR count). The number of hydrogen-bond acceptors (Lipinski definition) is 2. The van der Waals surface area contributed by atoms with E-state index in [2.05, 4.69) is 25.9 Å². The molecule has 0 atom stereocenters. The standard InChI is InChI=1S/C10H14BrN5O/c1-5-6(11)3-4-7(8(5)17-2)15-10(14)16-9(12)13/h3-4H,1-2H3,(H6,12,13,14,15,16). The largest absolute Gasteiger partial charge is 0.494 e. The third kappa shape index (κ3) is 3.35. The average Bonchev–Trinajstić information content (AvgIpc) is 2.23. The first-order valence-electron chi connectivity index (χ1n) is 4.72. The molecule has 0 fully saturated rings. The van der Waals surface area contributed by atoms with Gasteiger partial charge in [0.25, 0.3) is 0 Å². The molecule has 0 aliphatic rings. The monoisotopic (exact) mass is 299 g/mol. The van der Waals surface area contributed by atoms with E-state index < -0.39 is 0 Å². The highest BCUT2D eigenvalue weighted by atomic mass is 79.9. The number of halogens is 1. The molecule has 1 aromatic carbocycles. The van der Waals surface area contributed by atoms with Crippen LogP contribution in [0.3, 0.4) is 0 Å². The third-order valence-corrected chi connectivity index (χ3v) is 2.86. The van der Waals surface area contributed by atoms with Crippen LogP contribution in [0.15, 0.2) is 26.6 Å². The second-order valence-electron chi connectivity index (χ2n) is 3.23. The first-order chi connectivity index (χ1) is 7.95. The smallest absolute Gasteiger partial charge is 0.223 e. The lowest BCUT2D eigenvalue weighted by atomic mass is 10.2. The second kappa shape index (κ2) is 5.53. The average molecular weight is 300 g/mol. The highest BCUT2D eigenvalue weighted by Gasteiger charge is 2.08. The first-order valence-corrected chi connectivity index (χ1v) is 5.52. The highest BCUT2D eigenvalue weighted by Crippen LogP contribution is 2.35. The molecule has 6 N–H and O–H groups in total. The molecule has 0 saturated carbocycles. The molecule has 0 spiro atoms. The number of benzene rings is 1. The predicted molar refractivity (Wildman–Crippen MR) is 72.5 cm³/mol. The van der Waals surface area contributed by atoms with Gasteiger partial charge in [-0.15, -0.1) is 0 Å². The minimum absolute atomic E-state index is 0.0231. The normalized spacial score (nSPS) is 11.1. The van der Waals surface area contributed by atoms with Gasteiger partial charge in [-0.05, 0) is 19.1 Å². The Morgan fingerprint density at radius 2 is 1.94 bits per heavy atom. The van der Waals surface area contributed by atoms with E-state index in [1.165, 1.54) is 0 Å². The molecule has 0 aromatic heterocycles. The van der Waals surface area contributed by atoms with E-state index >= 15 is 0 Å². The zero-order valence-corrected chi connectivity index (χ0v) is 11.2. The summed E-state index contributed by atoms with van der Waals surface area (Å²) in [5.41, 5.74) is 17.4. The molecule has 7 heteroatoms. The van der Waals surface area contributed by atoms with Crippen LogP contribution in [0.5, 0.6) is 5.75 Å². The molecular weight excluding hydrogens is 286 g/mol. The molecule has 0 aliphatic carbocycles. The van der Waals surface area contributed by atoms with Crippen molar-refractivity contribution in [2.75, 3.05) is 7.11 Å². The summed E-state index contributed by atoms with van der Waals surface area (Å²) in [5, 5.41) is 0. The maximum atomic E-state index is 5.55. The minimum Gasteiger partial charge on any atom is -0.494 e. The summed E-state index contributed by atoms with van der Waals surface area (Å²) in [6.07, 6.45) is 0. The van der Waals surface area contributed by atoms with E-state index in [4.69, 9.17) is 21.9 Å². The Morgan fingerprint density at radius 1 is 1.29 bits per heavy atom. The summed E-state index contributed by atoms with van der Waals surface area (Å²) in [6.45, 7) is 1.90. The van der Waals surface area contributed by atoms with Crippen molar-refractivity contribution in [3.8, 4) is 5.75 Å². The lowest BCUT2D eigenvalue weighted by Crippen LogP contribution is -2.26. The highest BCUT2D eigenvalue weighted by molar-refractivity contribution is 9.10. The fourth-order valence-corrected chi connectivity index (χ4v) is 1.59. The lowest BCUT2D eigenvalue weighted by molar-refractivity contribution is 0.413. The van der Waals surface area contributed by atoms with Crippen molar-refractivity contribution >= 4 is 33.5 Å². The van der Waals surface area contributed by atoms with Gasteiger partial charge in [-0.1, -0.05) is 15.9 Å². The van der Waals surface area contributed by atoms with Crippen molar-refractivity contribution in [1.82, 2.24) is 0 Å². The number of nitrogens with two attached hydrogens (primary N) is 3. The number of rotatable bonds is 2. The molecule has 0 aliphatic heterocycles. The minimum atomic E-state index is -0.140. The van der Waals surface area contributed by atoms with Crippen molar-refractivity contribution in [2.45, 2.75) is 6.92 Å². The first kappa shape index (κ1) is 13.3. The topological polar surface area (TPSA) is 112 Å². The summed E-state index contributed by atoms with van der Waals surface area (Å²) < 4.78 is 6.18. The van der Waals surface area contributed by atoms with Crippen LogP contribution < -0.4 is 21.9 Å². The van der Waals surface area contributed by atoms with Gasteiger partial charge < -0.3 is 21.9 Å². The molecule has 0 bridgehead atoms. The van der Waals surface area contributed by atoms with E-state index in [1.807, 2.05) is 13.0 Å². The summed E-state index contributed by atoms with van der Waals surface area (Å²) in [7, 11) is 1.56. The van der Waals surface area contributed by atoms with Crippen LogP contribution in [-0.2, 0) is 0 Å². The van der Waals surface area contributed by atoms with Crippen molar-refractivity contribution in [3.05, 3.63) is 22.2 Å².